The Morgan fingerprint density at radius 2 is 1.69 bits per heavy atom. The van der Waals surface area contributed by atoms with E-state index in [1.807, 2.05) is 61.5 Å². The summed E-state index contributed by atoms with van der Waals surface area (Å²) in [4.78, 5) is 43.0. The number of urea groups is 1. The Hall–Kier alpha value is -3.61. The van der Waals surface area contributed by atoms with E-state index in [1.54, 1.807) is 11.8 Å². The number of ether oxygens (including phenoxy) is 1. The highest BCUT2D eigenvalue weighted by atomic mass is 16.5. The number of amides is 2. The van der Waals surface area contributed by atoms with Gasteiger partial charge in [0.15, 0.2) is 6.10 Å². The molecular formula is C25H27N3O4. The summed E-state index contributed by atoms with van der Waals surface area (Å²) >= 11 is 0. The molecule has 1 fully saturated rings. The van der Waals surface area contributed by atoms with Crippen molar-refractivity contribution in [2.45, 2.75) is 32.8 Å². The van der Waals surface area contributed by atoms with Gasteiger partial charge in [-0.25, -0.2) is 4.79 Å². The Balaban J connectivity index is 1.32. The van der Waals surface area contributed by atoms with Crippen molar-refractivity contribution in [2.24, 2.45) is 5.92 Å². The molecule has 7 heteroatoms. The van der Waals surface area contributed by atoms with Crippen molar-refractivity contribution < 1.29 is 19.1 Å². The molecule has 2 amide bonds. The van der Waals surface area contributed by atoms with Crippen molar-refractivity contribution in [2.75, 3.05) is 18.4 Å². The van der Waals surface area contributed by atoms with E-state index in [2.05, 4.69) is 10.3 Å². The van der Waals surface area contributed by atoms with E-state index in [0.29, 0.717) is 31.5 Å². The molecule has 1 aromatic heterocycles. The van der Waals surface area contributed by atoms with Gasteiger partial charge in [-0.15, -0.1) is 0 Å². The van der Waals surface area contributed by atoms with Crippen LogP contribution in [0.5, 0.6) is 0 Å². The lowest BCUT2D eigenvalue weighted by Crippen LogP contribution is -2.43. The van der Waals surface area contributed by atoms with Gasteiger partial charge >= 0.3 is 12.0 Å². The lowest BCUT2D eigenvalue weighted by atomic mass is 9.97. The Bertz CT molecular complexity index is 1130. The van der Waals surface area contributed by atoms with Crippen LogP contribution in [0.1, 0.15) is 35.8 Å². The first-order valence-corrected chi connectivity index (χ1v) is 10.9. The van der Waals surface area contributed by atoms with Crippen LogP contribution in [0.3, 0.4) is 0 Å². The number of H-pyrrole nitrogens is 1. The van der Waals surface area contributed by atoms with Crippen LogP contribution in [0.4, 0.5) is 10.5 Å². The summed E-state index contributed by atoms with van der Waals surface area (Å²) in [5.41, 5.74) is 2.94. The molecule has 0 saturated carbocycles. The maximum atomic E-state index is 13.0. The quantitative estimate of drug-likeness (QED) is 0.457. The number of rotatable bonds is 5. The molecule has 1 atom stereocenters. The summed E-state index contributed by atoms with van der Waals surface area (Å²) in [5.74, 6) is -0.922. The van der Waals surface area contributed by atoms with Gasteiger partial charge in [-0.2, -0.15) is 0 Å². The average molecular weight is 434 g/mol. The minimum atomic E-state index is -0.875. The van der Waals surface area contributed by atoms with Crippen molar-refractivity contribution in [3.63, 3.8) is 0 Å². The van der Waals surface area contributed by atoms with E-state index in [9.17, 15) is 14.4 Å². The molecule has 3 aromatic rings. The Labute approximate surface area is 186 Å². The monoisotopic (exact) mass is 433 g/mol. The number of hydrogen-bond donors (Lipinski definition) is 2. The number of nitrogens with zero attached hydrogens (tertiary/aromatic N) is 1. The van der Waals surface area contributed by atoms with E-state index in [-0.39, 0.29) is 23.7 Å². The molecule has 0 spiro atoms. The number of benzene rings is 2. The second-order valence-corrected chi connectivity index (χ2v) is 8.17. The standard InChI is InChI=1S/C25H27N3O4/c1-16-22(20-10-6-7-11-21(20)26-16)23(29)17(2)32-24(30)18-12-14-28(15-13-18)25(31)27-19-8-4-3-5-9-19/h3-11,17-18,26H,12-15H2,1-2H3,(H,27,31). The largest absolute Gasteiger partial charge is 0.454 e. The molecule has 166 valence electrons. The first-order chi connectivity index (χ1) is 15.4. The van der Waals surface area contributed by atoms with Crippen LogP contribution in [-0.2, 0) is 9.53 Å². The summed E-state index contributed by atoms with van der Waals surface area (Å²) < 4.78 is 5.55. The zero-order valence-electron chi connectivity index (χ0n) is 18.3. The number of nitrogens with one attached hydrogen (secondary N) is 2. The number of ketones is 1. The first kappa shape index (κ1) is 21.6. The molecule has 0 aliphatic carbocycles. The van der Waals surface area contributed by atoms with Gasteiger partial charge in [0.05, 0.1) is 5.92 Å². The van der Waals surface area contributed by atoms with Crippen LogP contribution in [0.2, 0.25) is 0 Å². The SMILES string of the molecule is Cc1[nH]c2ccccc2c1C(=O)C(C)OC(=O)C1CCN(C(=O)Nc2ccccc2)CC1. The van der Waals surface area contributed by atoms with Crippen molar-refractivity contribution in [3.05, 3.63) is 65.9 Å². The van der Waals surface area contributed by atoms with Crippen molar-refractivity contribution in [1.29, 1.82) is 0 Å². The third-order valence-corrected chi connectivity index (χ3v) is 5.94. The number of hydrogen-bond acceptors (Lipinski definition) is 4. The Kier molecular flexibility index (Phi) is 6.25. The number of anilines is 1. The molecule has 2 heterocycles. The normalized spacial score (nSPS) is 15.4. The number of aromatic amines is 1. The lowest BCUT2D eigenvalue weighted by molar-refractivity contribution is -0.152. The third-order valence-electron chi connectivity index (χ3n) is 5.94. The number of carbonyl (C=O) groups is 3. The Morgan fingerprint density at radius 1 is 1.03 bits per heavy atom. The minimum Gasteiger partial charge on any atom is -0.454 e. The maximum Gasteiger partial charge on any atom is 0.321 e. The molecule has 1 aliphatic rings. The second kappa shape index (κ2) is 9.26. The number of likely N-dealkylation sites (tertiary alicyclic amines) is 1. The topological polar surface area (TPSA) is 91.5 Å². The number of para-hydroxylation sites is 2. The van der Waals surface area contributed by atoms with E-state index < -0.39 is 6.10 Å². The molecule has 32 heavy (non-hydrogen) atoms. The van der Waals surface area contributed by atoms with Gasteiger partial charge in [-0.3, -0.25) is 9.59 Å². The second-order valence-electron chi connectivity index (χ2n) is 8.17. The number of carbonyl (C=O) groups excluding carboxylic acids is 3. The molecular weight excluding hydrogens is 406 g/mol. The maximum absolute atomic E-state index is 13.0. The molecule has 1 saturated heterocycles. The Morgan fingerprint density at radius 3 is 2.41 bits per heavy atom. The fourth-order valence-corrected chi connectivity index (χ4v) is 4.16. The predicted octanol–water partition coefficient (Wildman–Crippen LogP) is 4.53. The molecule has 2 N–H and O–H groups in total. The number of esters is 1. The van der Waals surface area contributed by atoms with Gasteiger partial charge in [0, 0.05) is 40.9 Å². The van der Waals surface area contributed by atoms with Crippen molar-refractivity contribution in [3.8, 4) is 0 Å². The lowest BCUT2D eigenvalue weighted by Gasteiger charge is -2.31. The number of aromatic nitrogens is 1. The first-order valence-electron chi connectivity index (χ1n) is 10.9. The third kappa shape index (κ3) is 4.51. The zero-order chi connectivity index (χ0) is 22.7. The molecule has 7 nitrogen and oxygen atoms in total. The van der Waals surface area contributed by atoms with Gasteiger partial charge < -0.3 is 19.9 Å². The number of aryl methyl sites for hydroxylation is 1. The smallest absolute Gasteiger partial charge is 0.321 e. The molecule has 0 bridgehead atoms. The highest BCUT2D eigenvalue weighted by molar-refractivity contribution is 6.11. The molecule has 2 aromatic carbocycles. The number of fused-ring (bicyclic) bond motifs is 1. The van der Waals surface area contributed by atoms with Gasteiger partial charge in [-0.1, -0.05) is 36.4 Å². The van der Waals surface area contributed by atoms with Crippen LogP contribution in [-0.4, -0.2) is 46.9 Å². The zero-order valence-corrected chi connectivity index (χ0v) is 18.3. The average Bonchev–Trinajstić information content (AvgIpc) is 3.14. The molecule has 4 rings (SSSR count). The fourth-order valence-electron chi connectivity index (χ4n) is 4.16. The van der Waals surface area contributed by atoms with Crippen molar-refractivity contribution in [1.82, 2.24) is 9.88 Å². The highest BCUT2D eigenvalue weighted by Crippen LogP contribution is 2.25. The molecule has 1 unspecified atom stereocenters. The number of piperidine rings is 1. The van der Waals surface area contributed by atoms with E-state index in [1.165, 1.54) is 0 Å². The van der Waals surface area contributed by atoms with Crippen LogP contribution in [0.15, 0.2) is 54.6 Å². The van der Waals surface area contributed by atoms with Gasteiger partial charge in [-0.05, 0) is 44.9 Å². The summed E-state index contributed by atoms with van der Waals surface area (Å²) in [7, 11) is 0. The van der Waals surface area contributed by atoms with Gasteiger partial charge in [0.1, 0.15) is 0 Å². The van der Waals surface area contributed by atoms with E-state index >= 15 is 0 Å². The summed E-state index contributed by atoms with van der Waals surface area (Å²) in [6, 6.07) is 16.7. The highest BCUT2D eigenvalue weighted by Gasteiger charge is 2.31. The fraction of sp³-hybridized carbons (Fsp3) is 0.320. The number of Topliss-reactive ketones (excluding diaryl/α,β-unsaturated/α-hetero) is 1. The molecule has 1 aliphatic heterocycles. The van der Waals surface area contributed by atoms with Gasteiger partial charge in [0.25, 0.3) is 0 Å². The van der Waals surface area contributed by atoms with Crippen LogP contribution >= 0.6 is 0 Å². The summed E-state index contributed by atoms with van der Waals surface area (Å²) in [5, 5.41) is 3.69. The predicted molar refractivity (Wildman–Crippen MR) is 123 cm³/mol. The van der Waals surface area contributed by atoms with E-state index in [4.69, 9.17) is 4.74 Å². The van der Waals surface area contributed by atoms with E-state index in [0.717, 1.165) is 22.3 Å². The van der Waals surface area contributed by atoms with Crippen LogP contribution in [0.25, 0.3) is 10.9 Å². The van der Waals surface area contributed by atoms with Gasteiger partial charge in [0.2, 0.25) is 5.78 Å². The van der Waals surface area contributed by atoms with Crippen LogP contribution in [0, 0.1) is 12.8 Å². The summed E-state index contributed by atoms with van der Waals surface area (Å²) in [6.45, 7) is 4.38. The minimum absolute atomic E-state index is 0.179. The van der Waals surface area contributed by atoms with Crippen LogP contribution < -0.4 is 5.32 Å². The van der Waals surface area contributed by atoms with Crippen molar-refractivity contribution >= 4 is 34.4 Å². The summed E-state index contributed by atoms with van der Waals surface area (Å²) in [6.07, 6.45) is 0.141. The molecule has 0 radical (unpaired) electrons.